The van der Waals surface area contributed by atoms with Crippen molar-refractivity contribution in [3.63, 3.8) is 0 Å². The summed E-state index contributed by atoms with van der Waals surface area (Å²) in [7, 11) is 0. The Bertz CT molecular complexity index is 821. The number of hydrogen-bond donors (Lipinski definition) is 0. The summed E-state index contributed by atoms with van der Waals surface area (Å²) in [5, 5.41) is 0. The second-order valence-electron chi connectivity index (χ2n) is 8.06. The summed E-state index contributed by atoms with van der Waals surface area (Å²) in [6.45, 7) is 3.98. The Morgan fingerprint density at radius 3 is 2.12 bits per heavy atom. The van der Waals surface area contributed by atoms with Gasteiger partial charge in [0.2, 0.25) is 11.8 Å². The summed E-state index contributed by atoms with van der Waals surface area (Å²) in [6.07, 6.45) is 9.22. The molecule has 0 spiro atoms. The second-order valence-corrected chi connectivity index (χ2v) is 8.06. The molecule has 2 bridgehead atoms. The van der Waals surface area contributed by atoms with Gasteiger partial charge in [-0.3, -0.25) is 9.59 Å². The van der Waals surface area contributed by atoms with E-state index in [1.54, 1.807) is 0 Å². The molecule has 3 heteroatoms. The highest BCUT2D eigenvalue weighted by molar-refractivity contribution is 6.23. The van der Waals surface area contributed by atoms with Crippen LogP contribution in [0.25, 0.3) is 0 Å². The number of carbonyl (C=O) groups excluding carboxylic acids is 2. The van der Waals surface area contributed by atoms with Crippen LogP contribution in [-0.2, 0) is 9.59 Å². The van der Waals surface area contributed by atoms with Crippen LogP contribution in [0.3, 0.4) is 0 Å². The van der Waals surface area contributed by atoms with Gasteiger partial charge in [-0.25, -0.2) is 4.90 Å². The van der Waals surface area contributed by atoms with Crippen molar-refractivity contribution in [3.8, 4) is 0 Å². The van der Waals surface area contributed by atoms with Crippen molar-refractivity contribution in [2.75, 3.05) is 4.90 Å². The van der Waals surface area contributed by atoms with Crippen LogP contribution in [0.4, 0.5) is 5.69 Å². The van der Waals surface area contributed by atoms with E-state index in [9.17, 15) is 9.59 Å². The van der Waals surface area contributed by atoms with E-state index in [-0.39, 0.29) is 35.5 Å². The first-order valence-electron chi connectivity index (χ1n) is 9.43. The number of anilines is 1. The Morgan fingerprint density at radius 2 is 1.52 bits per heavy atom. The third kappa shape index (κ3) is 1.92. The molecule has 1 aromatic carbocycles. The summed E-state index contributed by atoms with van der Waals surface area (Å²) in [4.78, 5) is 28.0. The first kappa shape index (κ1) is 15.1. The van der Waals surface area contributed by atoms with Crippen LogP contribution < -0.4 is 4.90 Å². The number of amides is 2. The molecule has 0 aromatic heterocycles. The van der Waals surface area contributed by atoms with Crippen LogP contribution in [0, 0.1) is 37.5 Å². The van der Waals surface area contributed by atoms with E-state index in [4.69, 9.17) is 0 Å². The molecule has 1 saturated heterocycles. The average Bonchev–Trinajstić information content (AvgIpc) is 3.33. The van der Waals surface area contributed by atoms with Crippen LogP contribution in [0.15, 0.2) is 41.5 Å². The first-order chi connectivity index (χ1) is 12.1. The third-order valence-electron chi connectivity index (χ3n) is 6.64. The maximum absolute atomic E-state index is 13.3. The fourth-order valence-electron chi connectivity index (χ4n) is 5.52. The summed E-state index contributed by atoms with van der Waals surface area (Å²) < 4.78 is 0. The Morgan fingerprint density at radius 1 is 0.920 bits per heavy atom. The van der Waals surface area contributed by atoms with E-state index in [1.807, 2.05) is 32.0 Å². The lowest BCUT2D eigenvalue weighted by Gasteiger charge is -2.21. The third-order valence-corrected chi connectivity index (χ3v) is 6.64. The summed E-state index contributed by atoms with van der Waals surface area (Å²) >= 11 is 0. The van der Waals surface area contributed by atoms with E-state index in [1.165, 1.54) is 28.9 Å². The standard InChI is InChI=1S/C22H23NO2/c1-12-7-8-13(2)17(11-12)23-21(24)19-15-9-10-16(20(19)22(23)25)18(15)14-5-3-4-6-14/h7-11,15-16,19-20H,3-6H2,1-2H3/t15-,16+,19-,20-/m0/s1. The zero-order chi connectivity index (χ0) is 17.3. The molecule has 4 aliphatic rings. The van der Waals surface area contributed by atoms with E-state index in [0.717, 1.165) is 29.7 Å². The van der Waals surface area contributed by atoms with Crippen molar-refractivity contribution in [2.45, 2.75) is 39.5 Å². The number of imide groups is 1. The smallest absolute Gasteiger partial charge is 0.238 e. The molecule has 0 radical (unpaired) electrons. The minimum absolute atomic E-state index is 0.0108. The van der Waals surface area contributed by atoms with Gasteiger partial charge in [0.1, 0.15) is 0 Å². The van der Waals surface area contributed by atoms with Crippen LogP contribution in [0.1, 0.15) is 36.8 Å². The molecule has 1 heterocycles. The fraction of sp³-hybridized carbons (Fsp3) is 0.455. The molecular formula is C22H23NO2. The zero-order valence-corrected chi connectivity index (χ0v) is 14.8. The summed E-state index contributed by atoms with van der Waals surface area (Å²) in [6, 6.07) is 5.99. The van der Waals surface area contributed by atoms with Gasteiger partial charge in [0, 0.05) is 11.8 Å². The quantitative estimate of drug-likeness (QED) is 0.573. The summed E-state index contributed by atoms with van der Waals surface area (Å²) in [5.41, 5.74) is 5.80. The molecule has 0 unspecified atom stereocenters. The van der Waals surface area contributed by atoms with Crippen molar-refractivity contribution >= 4 is 17.5 Å². The number of aryl methyl sites for hydroxylation is 2. The molecule has 128 valence electrons. The average molecular weight is 333 g/mol. The maximum Gasteiger partial charge on any atom is 0.238 e. The molecular weight excluding hydrogens is 310 g/mol. The molecule has 25 heavy (non-hydrogen) atoms. The lowest BCUT2D eigenvalue weighted by atomic mass is 9.85. The molecule has 3 fully saturated rings. The molecule has 3 aliphatic carbocycles. The Balaban J connectivity index is 1.57. The van der Waals surface area contributed by atoms with E-state index in [0.29, 0.717) is 0 Å². The normalized spacial score (nSPS) is 33.1. The van der Waals surface area contributed by atoms with Crippen molar-refractivity contribution in [2.24, 2.45) is 23.7 Å². The number of benzene rings is 1. The van der Waals surface area contributed by atoms with E-state index < -0.39 is 0 Å². The zero-order valence-electron chi connectivity index (χ0n) is 14.8. The second kappa shape index (κ2) is 5.17. The van der Waals surface area contributed by atoms with Gasteiger partial charge in [-0.15, -0.1) is 0 Å². The van der Waals surface area contributed by atoms with Gasteiger partial charge >= 0.3 is 0 Å². The van der Waals surface area contributed by atoms with Gasteiger partial charge in [-0.1, -0.05) is 35.4 Å². The summed E-state index contributed by atoms with van der Waals surface area (Å²) in [5.74, 6) is -0.00588. The molecule has 1 aliphatic heterocycles. The van der Waals surface area contributed by atoms with Crippen LogP contribution in [0.2, 0.25) is 0 Å². The number of rotatable bonds is 1. The SMILES string of the molecule is Cc1ccc(C)c(N2C(=O)[C@@H]3[C@@H](C2=O)[C@H]2C=C[C@@H]3C2=C2CCCC2)c1. The molecule has 3 nitrogen and oxygen atoms in total. The number of carbonyl (C=O) groups is 2. The van der Waals surface area contributed by atoms with Gasteiger partial charge in [-0.2, -0.15) is 0 Å². The van der Waals surface area contributed by atoms with Gasteiger partial charge in [-0.05, 0) is 56.7 Å². The van der Waals surface area contributed by atoms with Crippen molar-refractivity contribution in [1.29, 1.82) is 0 Å². The Hall–Kier alpha value is -2.16. The van der Waals surface area contributed by atoms with Crippen molar-refractivity contribution < 1.29 is 9.59 Å². The van der Waals surface area contributed by atoms with Crippen LogP contribution in [0.5, 0.6) is 0 Å². The maximum atomic E-state index is 13.3. The van der Waals surface area contributed by atoms with Crippen molar-refractivity contribution in [1.82, 2.24) is 0 Å². The number of fused-ring (bicyclic) bond motifs is 5. The molecule has 2 amide bonds. The van der Waals surface area contributed by atoms with E-state index in [2.05, 4.69) is 12.2 Å². The largest absolute Gasteiger partial charge is 0.274 e. The molecule has 2 saturated carbocycles. The highest BCUT2D eigenvalue weighted by atomic mass is 16.2. The monoisotopic (exact) mass is 333 g/mol. The predicted octanol–water partition coefficient (Wildman–Crippen LogP) is 4.10. The molecule has 5 rings (SSSR count). The first-order valence-corrected chi connectivity index (χ1v) is 9.43. The van der Waals surface area contributed by atoms with Gasteiger partial charge in [0.25, 0.3) is 0 Å². The Kier molecular flexibility index (Phi) is 3.13. The lowest BCUT2D eigenvalue weighted by Crippen LogP contribution is -2.33. The van der Waals surface area contributed by atoms with E-state index >= 15 is 0 Å². The molecule has 4 atom stereocenters. The van der Waals surface area contributed by atoms with Crippen LogP contribution >= 0.6 is 0 Å². The number of nitrogens with zero attached hydrogens (tertiary/aromatic N) is 1. The minimum Gasteiger partial charge on any atom is -0.274 e. The predicted molar refractivity (Wildman–Crippen MR) is 97.0 cm³/mol. The van der Waals surface area contributed by atoms with Crippen molar-refractivity contribution in [3.05, 3.63) is 52.6 Å². The molecule has 0 N–H and O–H groups in total. The van der Waals surface area contributed by atoms with Gasteiger partial charge in [0.05, 0.1) is 17.5 Å². The minimum atomic E-state index is -0.175. The highest BCUT2D eigenvalue weighted by Crippen LogP contribution is 2.58. The van der Waals surface area contributed by atoms with Gasteiger partial charge in [0.15, 0.2) is 0 Å². The van der Waals surface area contributed by atoms with Gasteiger partial charge < -0.3 is 0 Å². The highest BCUT2D eigenvalue weighted by Gasteiger charge is 2.62. The Labute approximate surface area is 148 Å². The number of allylic oxidation sites excluding steroid dienone is 4. The molecule has 1 aromatic rings. The number of hydrogen-bond acceptors (Lipinski definition) is 2. The fourth-order valence-corrected chi connectivity index (χ4v) is 5.52. The topological polar surface area (TPSA) is 37.4 Å². The van der Waals surface area contributed by atoms with Crippen LogP contribution in [-0.4, -0.2) is 11.8 Å². The lowest BCUT2D eigenvalue weighted by molar-refractivity contribution is -0.122.